The van der Waals surface area contributed by atoms with Gasteiger partial charge in [-0.15, -0.1) is 11.6 Å². The second-order valence-corrected chi connectivity index (χ2v) is 5.57. The summed E-state index contributed by atoms with van der Waals surface area (Å²) in [6, 6.07) is 0. The lowest BCUT2D eigenvalue weighted by Gasteiger charge is -2.37. The van der Waals surface area contributed by atoms with Crippen molar-refractivity contribution in [3.63, 3.8) is 0 Å². The maximum absolute atomic E-state index is 11.7. The number of hydrogen-bond donors (Lipinski definition) is 1. The van der Waals surface area contributed by atoms with E-state index in [9.17, 15) is 4.79 Å². The standard InChI is InChI=1S/C13H20ClNO/c1-13(2,7-4-8-14)11-5-3-6-12(16)10(11)9-15/h11,15H,3-8H2,1-2H3/t11-/m1/s1. The highest BCUT2D eigenvalue weighted by Crippen LogP contribution is 2.42. The predicted octanol–water partition coefficient (Wildman–Crippen LogP) is 3.58. The lowest BCUT2D eigenvalue weighted by atomic mass is 9.66. The Morgan fingerprint density at radius 1 is 1.56 bits per heavy atom. The summed E-state index contributed by atoms with van der Waals surface area (Å²) in [4.78, 5) is 11.7. The van der Waals surface area contributed by atoms with Crippen molar-refractivity contribution in [2.45, 2.75) is 46.0 Å². The molecule has 0 spiro atoms. The van der Waals surface area contributed by atoms with E-state index in [2.05, 4.69) is 19.7 Å². The lowest BCUT2D eigenvalue weighted by molar-refractivity contribution is -0.117. The predicted molar refractivity (Wildman–Crippen MR) is 67.3 cm³/mol. The van der Waals surface area contributed by atoms with Gasteiger partial charge in [0, 0.05) is 18.2 Å². The van der Waals surface area contributed by atoms with Gasteiger partial charge in [-0.2, -0.15) is 0 Å². The SMILES string of the molecule is CC(C)(CCCCl)[C@@H]1CCCC(=O)C1=C=N. The number of hydrogen-bond acceptors (Lipinski definition) is 2. The third kappa shape index (κ3) is 2.96. The van der Waals surface area contributed by atoms with Crippen LogP contribution in [-0.4, -0.2) is 17.5 Å². The Hall–Kier alpha value is -0.590. The fourth-order valence-corrected chi connectivity index (χ4v) is 2.71. The summed E-state index contributed by atoms with van der Waals surface area (Å²) in [7, 11) is 0. The van der Waals surface area contributed by atoms with Crippen LogP contribution in [0.25, 0.3) is 0 Å². The average molecular weight is 242 g/mol. The topological polar surface area (TPSA) is 40.9 Å². The normalized spacial score (nSPS) is 22.1. The van der Waals surface area contributed by atoms with E-state index in [-0.39, 0.29) is 17.1 Å². The molecule has 0 amide bonds. The van der Waals surface area contributed by atoms with Crippen LogP contribution in [0.4, 0.5) is 0 Å². The second kappa shape index (κ2) is 5.65. The summed E-state index contributed by atoms with van der Waals surface area (Å²) in [5.74, 6) is 3.34. The van der Waals surface area contributed by atoms with E-state index in [1.807, 2.05) is 0 Å². The van der Waals surface area contributed by atoms with Crippen LogP contribution in [0.15, 0.2) is 5.57 Å². The molecular weight excluding hydrogens is 222 g/mol. The molecule has 1 fully saturated rings. The van der Waals surface area contributed by atoms with Crippen LogP contribution in [0, 0.1) is 16.7 Å². The molecule has 0 radical (unpaired) electrons. The first-order valence-corrected chi connectivity index (χ1v) is 6.45. The number of rotatable bonds is 4. The summed E-state index contributed by atoms with van der Waals surface area (Å²) in [5, 5.41) is 7.28. The van der Waals surface area contributed by atoms with E-state index in [0.717, 1.165) is 25.7 Å². The number of alkyl halides is 1. The Morgan fingerprint density at radius 2 is 2.25 bits per heavy atom. The molecule has 0 aromatic heterocycles. The molecule has 3 heteroatoms. The minimum Gasteiger partial charge on any atom is -0.294 e. The van der Waals surface area contributed by atoms with Gasteiger partial charge < -0.3 is 0 Å². The molecular formula is C13H20ClNO. The first-order valence-electron chi connectivity index (χ1n) is 5.91. The Bertz CT molecular complexity index is 316. The highest BCUT2D eigenvalue weighted by molar-refractivity contribution is 6.17. The Labute approximate surface area is 103 Å². The molecule has 0 aromatic carbocycles. The molecule has 1 N–H and O–H groups in total. The minimum atomic E-state index is 0.0500. The van der Waals surface area contributed by atoms with Crippen molar-refractivity contribution in [1.82, 2.24) is 0 Å². The molecule has 1 aliphatic carbocycles. The smallest absolute Gasteiger partial charge is 0.168 e. The minimum absolute atomic E-state index is 0.0500. The Kier molecular flexibility index (Phi) is 4.76. The van der Waals surface area contributed by atoms with Crippen molar-refractivity contribution in [2.24, 2.45) is 11.3 Å². The zero-order valence-corrected chi connectivity index (χ0v) is 10.9. The van der Waals surface area contributed by atoms with Crippen LogP contribution < -0.4 is 0 Å². The molecule has 1 atom stereocenters. The highest BCUT2D eigenvalue weighted by atomic mass is 35.5. The first kappa shape index (κ1) is 13.5. The number of Topliss-reactive ketones (excluding diaryl/α,β-unsaturated/α-hetero) is 1. The van der Waals surface area contributed by atoms with Gasteiger partial charge in [-0.3, -0.25) is 10.2 Å². The molecule has 0 saturated heterocycles. The quantitative estimate of drug-likeness (QED) is 0.456. The van der Waals surface area contributed by atoms with Gasteiger partial charge in [0.05, 0.1) is 5.57 Å². The average Bonchev–Trinajstić information content (AvgIpc) is 2.26. The van der Waals surface area contributed by atoms with Crippen molar-refractivity contribution in [1.29, 1.82) is 5.41 Å². The van der Waals surface area contributed by atoms with Gasteiger partial charge in [0.1, 0.15) is 0 Å². The number of carbonyl (C=O) groups is 1. The molecule has 1 saturated carbocycles. The van der Waals surface area contributed by atoms with Gasteiger partial charge >= 0.3 is 0 Å². The van der Waals surface area contributed by atoms with Gasteiger partial charge in [0.2, 0.25) is 0 Å². The summed E-state index contributed by atoms with van der Waals surface area (Å²) in [6.45, 7) is 4.33. The van der Waals surface area contributed by atoms with Crippen molar-refractivity contribution in [2.75, 3.05) is 5.88 Å². The van der Waals surface area contributed by atoms with Crippen molar-refractivity contribution >= 4 is 23.3 Å². The highest BCUT2D eigenvalue weighted by Gasteiger charge is 2.36. The fourth-order valence-electron chi connectivity index (χ4n) is 2.58. The number of allylic oxidation sites excluding steroid dienone is 1. The maximum Gasteiger partial charge on any atom is 0.168 e. The van der Waals surface area contributed by atoms with E-state index < -0.39 is 0 Å². The largest absolute Gasteiger partial charge is 0.294 e. The van der Waals surface area contributed by atoms with Gasteiger partial charge in [-0.25, -0.2) is 0 Å². The van der Waals surface area contributed by atoms with Crippen LogP contribution >= 0.6 is 11.6 Å². The summed E-state index contributed by atoms with van der Waals surface area (Å²) < 4.78 is 0. The van der Waals surface area contributed by atoms with Crippen molar-refractivity contribution in [3.8, 4) is 0 Å². The summed E-state index contributed by atoms with van der Waals surface area (Å²) in [6.07, 6.45) is 4.49. The molecule has 0 bridgehead atoms. The van der Waals surface area contributed by atoms with Crippen molar-refractivity contribution in [3.05, 3.63) is 5.57 Å². The number of carbonyl (C=O) groups excluding carboxylic acids is 1. The zero-order valence-electron chi connectivity index (χ0n) is 10.1. The van der Waals surface area contributed by atoms with Gasteiger partial charge in [-0.05, 0) is 37.0 Å². The number of ketones is 1. The summed E-state index contributed by atoms with van der Waals surface area (Å²) >= 11 is 5.72. The van der Waals surface area contributed by atoms with Crippen LogP contribution in [0.3, 0.4) is 0 Å². The van der Waals surface area contributed by atoms with Crippen LogP contribution in [0.5, 0.6) is 0 Å². The van der Waals surface area contributed by atoms with Crippen LogP contribution in [-0.2, 0) is 4.79 Å². The monoisotopic (exact) mass is 241 g/mol. The molecule has 90 valence electrons. The van der Waals surface area contributed by atoms with Crippen LogP contribution in [0.2, 0.25) is 0 Å². The van der Waals surface area contributed by atoms with E-state index in [0.29, 0.717) is 17.9 Å². The van der Waals surface area contributed by atoms with E-state index in [1.165, 1.54) is 0 Å². The van der Waals surface area contributed by atoms with E-state index in [1.54, 1.807) is 0 Å². The first-order chi connectivity index (χ1) is 7.53. The molecule has 0 aliphatic heterocycles. The van der Waals surface area contributed by atoms with Gasteiger partial charge in [0.25, 0.3) is 0 Å². The molecule has 1 aliphatic rings. The van der Waals surface area contributed by atoms with Gasteiger partial charge in [-0.1, -0.05) is 13.8 Å². The van der Waals surface area contributed by atoms with Gasteiger partial charge in [0.15, 0.2) is 5.78 Å². The zero-order chi connectivity index (χ0) is 12.2. The molecule has 0 unspecified atom stereocenters. The molecule has 0 heterocycles. The van der Waals surface area contributed by atoms with Crippen molar-refractivity contribution < 1.29 is 4.79 Å². The van der Waals surface area contributed by atoms with Crippen LogP contribution in [0.1, 0.15) is 46.0 Å². The summed E-state index contributed by atoms with van der Waals surface area (Å²) in [5.41, 5.74) is 0.653. The molecule has 16 heavy (non-hydrogen) atoms. The maximum atomic E-state index is 11.7. The number of nitrogens with one attached hydrogen (secondary N) is 1. The number of halogens is 1. The lowest BCUT2D eigenvalue weighted by Crippen LogP contribution is -2.32. The molecule has 1 rings (SSSR count). The molecule has 2 nitrogen and oxygen atoms in total. The Balaban J connectivity index is 2.84. The Morgan fingerprint density at radius 3 is 2.81 bits per heavy atom. The third-order valence-corrected chi connectivity index (χ3v) is 3.85. The fraction of sp³-hybridized carbons (Fsp3) is 0.769. The van der Waals surface area contributed by atoms with E-state index >= 15 is 0 Å². The second-order valence-electron chi connectivity index (χ2n) is 5.19. The third-order valence-electron chi connectivity index (χ3n) is 3.58. The van der Waals surface area contributed by atoms with E-state index in [4.69, 9.17) is 17.0 Å². The molecule has 0 aromatic rings.